The van der Waals surface area contributed by atoms with Crippen LogP contribution < -0.4 is 10.1 Å². The molecule has 4 rings (SSSR count). The summed E-state index contributed by atoms with van der Waals surface area (Å²) < 4.78 is 7.07. The van der Waals surface area contributed by atoms with Crippen molar-refractivity contribution >= 4 is 22.6 Å². The van der Waals surface area contributed by atoms with Crippen LogP contribution in [0.5, 0.6) is 5.75 Å². The molecule has 0 saturated carbocycles. The molecule has 1 N–H and O–H groups in total. The number of hydrogen-bond acceptors (Lipinski definition) is 4. The van der Waals surface area contributed by atoms with E-state index in [1.165, 1.54) is 6.92 Å². The Morgan fingerprint density at radius 1 is 1.04 bits per heavy atom. The lowest BCUT2D eigenvalue weighted by molar-refractivity contribution is -0.114. The maximum atomic E-state index is 11.3. The van der Waals surface area contributed by atoms with E-state index in [0.717, 1.165) is 39.3 Å². The fourth-order valence-corrected chi connectivity index (χ4v) is 2.97. The number of hydrogen-bond donors (Lipinski definition) is 1. The molecule has 6 heteroatoms. The Labute approximate surface area is 156 Å². The van der Waals surface area contributed by atoms with E-state index in [2.05, 4.69) is 15.4 Å². The van der Waals surface area contributed by atoms with Gasteiger partial charge in [-0.25, -0.2) is 4.68 Å². The van der Waals surface area contributed by atoms with Crippen molar-refractivity contribution in [1.82, 2.24) is 14.8 Å². The Hall–Kier alpha value is -3.67. The van der Waals surface area contributed by atoms with Crippen LogP contribution >= 0.6 is 0 Å². The second kappa shape index (κ2) is 6.92. The second-order valence-corrected chi connectivity index (χ2v) is 6.14. The zero-order chi connectivity index (χ0) is 18.8. The summed E-state index contributed by atoms with van der Waals surface area (Å²) in [5.74, 6) is 0.696. The number of methoxy groups -OCH3 is 1. The first-order valence-electron chi connectivity index (χ1n) is 8.50. The summed E-state index contributed by atoms with van der Waals surface area (Å²) in [5, 5.41) is 7.28. The standard InChI is InChI=1S/C21H18N4O2/c1-14(26)24-17-5-3-4-15(10-17)16-11-21-20(22-12-16)13-23-25(21)18-6-8-19(27-2)9-7-18/h3-13H,1-2H3,(H,24,26). The van der Waals surface area contributed by atoms with E-state index in [4.69, 9.17) is 4.74 Å². The number of pyridine rings is 1. The molecule has 0 saturated heterocycles. The Morgan fingerprint density at radius 2 is 1.85 bits per heavy atom. The molecule has 1 amide bonds. The lowest BCUT2D eigenvalue weighted by Crippen LogP contribution is -2.05. The molecule has 134 valence electrons. The van der Waals surface area contributed by atoms with Gasteiger partial charge in [0.05, 0.1) is 24.5 Å². The van der Waals surface area contributed by atoms with Gasteiger partial charge in [-0.2, -0.15) is 5.10 Å². The molecule has 0 spiro atoms. The third kappa shape index (κ3) is 3.37. The van der Waals surface area contributed by atoms with Crippen LogP contribution in [0, 0.1) is 0 Å². The minimum atomic E-state index is -0.0988. The largest absolute Gasteiger partial charge is 0.497 e. The SMILES string of the molecule is COc1ccc(-n2ncc3ncc(-c4cccc(NC(C)=O)c4)cc32)cc1. The Bertz CT molecular complexity index is 1120. The van der Waals surface area contributed by atoms with Gasteiger partial charge in [0.15, 0.2) is 0 Å². The molecule has 2 heterocycles. The monoisotopic (exact) mass is 358 g/mol. The highest BCUT2D eigenvalue weighted by Gasteiger charge is 2.09. The van der Waals surface area contributed by atoms with Crippen LogP contribution in [0.1, 0.15) is 6.92 Å². The maximum Gasteiger partial charge on any atom is 0.221 e. The van der Waals surface area contributed by atoms with E-state index >= 15 is 0 Å². The van der Waals surface area contributed by atoms with Gasteiger partial charge in [0.1, 0.15) is 11.3 Å². The van der Waals surface area contributed by atoms with Gasteiger partial charge < -0.3 is 10.1 Å². The van der Waals surface area contributed by atoms with Gasteiger partial charge >= 0.3 is 0 Å². The molecule has 0 atom stereocenters. The Balaban J connectivity index is 1.76. The van der Waals surface area contributed by atoms with Crippen LogP contribution in [-0.4, -0.2) is 27.8 Å². The van der Waals surface area contributed by atoms with Crippen molar-refractivity contribution in [1.29, 1.82) is 0 Å². The van der Waals surface area contributed by atoms with Crippen molar-refractivity contribution < 1.29 is 9.53 Å². The smallest absolute Gasteiger partial charge is 0.221 e. The summed E-state index contributed by atoms with van der Waals surface area (Å²) in [6, 6.07) is 17.4. The number of benzene rings is 2. The lowest BCUT2D eigenvalue weighted by atomic mass is 10.1. The van der Waals surface area contributed by atoms with E-state index in [1.807, 2.05) is 65.5 Å². The van der Waals surface area contributed by atoms with Crippen molar-refractivity contribution in [3.05, 3.63) is 67.0 Å². The Kier molecular flexibility index (Phi) is 4.30. The normalized spacial score (nSPS) is 10.7. The molecule has 0 fully saturated rings. The summed E-state index contributed by atoms with van der Waals surface area (Å²) in [6.07, 6.45) is 3.56. The number of carbonyl (C=O) groups excluding carboxylic acids is 1. The van der Waals surface area contributed by atoms with Gasteiger partial charge in [-0.15, -0.1) is 0 Å². The highest BCUT2D eigenvalue weighted by Crippen LogP contribution is 2.26. The second-order valence-electron chi connectivity index (χ2n) is 6.14. The molecule has 27 heavy (non-hydrogen) atoms. The molecule has 0 aliphatic heterocycles. The summed E-state index contributed by atoms with van der Waals surface area (Å²) in [7, 11) is 1.64. The molecule has 6 nitrogen and oxygen atoms in total. The van der Waals surface area contributed by atoms with Gasteiger partial charge in [0, 0.05) is 24.4 Å². The van der Waals surface area contributed by atoms with E-state index in [-0.39, 0.29) is 5.91 Å². The third-order valence-corrected chi connectivity index (χ3v) is 4.25. The van der Waals surface area contributed by atoms with Crippen LogP contribution in [0.2, 0.25) is 0 Å². The predicted molar refractivity (Wildman–Crippen MR) is 105 cm³/mol. The van der Waals surface area contributed by atoms with E-state index in [0.29, 0.717) is 0 Å². The van der Waals surface area contributed by atoms with Gasteiger partial charge in [-0.05, 0) is 48.0 Å². The number of nitrogens with one attached hydrogen (secondary N) is 1. The first-order chi connectivity index (χ1) is 13.1. The zero-order valence-electron chi connectivity index (χ0n) is 15.0. The van der Waals surface area contributed by atoms with Crippen molar-refractivity contribution in [2.45, 2.75) is 6.92 Å². The average molecular weight is 358 g/mol. The van der Waals surface area contributed by atoms with Gasteiger partial charge in [0.2, 0.25) is 5.91 Å². The van der Waals surface area contributed by atoms with E-state index in [1.54, 1.807) is 13.3 Å². The van der Waals surface area contributed by atoms with Crippen molar-refractivity contribution in [2.24, 2.45) is 0 Å². The minimum absolute atomic E-state index is 0.0988. The van der Waals surface area contributed by atoms with Crippen molar-refractivity contribution in [2.75, 3.05) is 12.4 Å². The fraction of sp³-hybridized carbons (Fsp3) is 0.0952. The van der Waals surface area contributed by atoms with E-state index < -0.39 is 0 Å². The molecule has 0 aliphatic rings. The number of ether oxygens (including phenoxy) is 1. The summed E-state index contributed by atoms with van der Waals surface area (Å²) >= 11 is 0. The van der Waals surface area contributed by atoms with Crippen LogP contribution in [0.3, 0.4) is 0 Å². The predicted octanol–water partition coefficient (Wildman–Crippen LogP) is 4.05. The summed E-state index contributed by atoms with van der Waals surface area (Å²) in [6.45, 7) is 1.49. The summed E-state index contributed by atoms with van der Waals surface area (Å²) in [4.78, 5) is 15.8. The van der Waals surface area contributed by atoms with Crippen LogP contribution in [-0.2, 0) is 4.79 Å². The van der Waals surface area contributed by atoms with Crippen LogP contribution in [0.15, 0.2) is 67.0 Å². The third-order valence-electron chi connectivity index (χ3n) is 4.25. The Morgan fingerprint density at radius 3 is 2.59 bits per heavy atom. The lowest BCUT2D eigenvalue weighted by Gasteiger charge is -2.08. The topological polar surface area (TPSA) is 69.0 Å². The highest BCUT2D eigenvalue weighted by molar-refractivity contribution is 5.90. The highest BCUT2D eigenvalue weighted by atomic mass is 16.5. The molecular weight excluding hydrogens is 340 g/mol. The maximum absolute atomic E-state index is 11.3. The molecule has 0 bridgehead atoms. The number of aromatic nitrogens is 3. The van der Waals surface area contributed by atoms with E-state index in [9.17, 15) is 4.79 Å². The molecule has 0 unspecified atom stereocenters. The number of rotatable bonds is 4. The van der Waals surface area contributed by atoms with Gasteiger partial charge in [0.25, 0.3) is 0 Å². The number of anilines is 1. The van der Waals surface area contributed by atoms with Crippen molar-refractivity contribution in [3.8, 4) is 22.6 Å². The molecule has 0 radical (unpaired) electrons. The van der Waals surface area contributed by atoms with Gasteiger partial charge in [-0.1, -0.05) is 12.1 Å². The van der Waals surface area contributed by atoms with Crippen LogP contribution in [0.25, 0.3) is 27.8 Å². The minimum Gasteiger partial charge on any atom is -0.497 e. The molecular formula is C21H18N4O2. The average Bonchev–Trinajstić information content (AvgIpc) is 3.11. The molecule has 2 aromatic carbocycles. The quantitative estimate of drug-likeness (QED) is 0.597. The van der Waals surface area contributed by atoms with Crippen LogP contribution in [0.4, 0.5) is 5.69 Å². The summed E-state index contributed by atoms with van der Waals surface area (Å²) in [5.41, 5.74) is 5.32. The zero-order valence-corrected chi connectivity index (χ0v) is 15.0. The molecule has 2 aromatic heterocycles. The molecule has 0 aliphatic carbocycles. The number of carbonyl (C=O) groups is 1. The fourth-order valence-electron chi connectivity index (χ4n) is 2.97. The molecule has 4 aromatic rings. The first kappa shape index (κ1) is 16.8. The number of fused-ring (bicyclic) bond motifs is 1. The number of nitrogens with zero attached hydrogens (tertiary/aromatic N) is 3. The van der Waals surface area contributed by atoms with Crippen molar-refractivity contribution in [3.63, 3.8) is 0 Å². The van der Waals surface area contributed by atoms with Gasteiger partial charge in [-0.3, -0.25) is 9.78 Å². The first-order valence-corrected chi connectivity index (χ1v) is 8.50. The number of amides is 1.